The maximum absolute atomic E-state index is 15.4. The van der Waals surface area contributed by atoms with Gasteiger partial charge in [-0.3, -0.25) is 24.6 Å². The van der Waals surface area contributed by atoms with Crippen molar-refractivity contribution in [3.05, 3.63) is 57.4 Å². The highest BCUT2D eigenvalue weighted by Crippen LogP contribution is 2.55. The van der Waals surface area contributed by atoms with E-state index < -0.39 is 41.6 Å². The molecule has 5 rings (SSSR count). The Balaban J connectivity index is 1.50. The first-order valence-corrected chi connectivity index (χ1v) is 17.7. The van der Waals surface area contributed by atoms with Gasteiger partial charge >= 0.3 is 5.69 Å². The highest BCUT2D eigenvalue weighted by atomic mass is 28.3. The second-order valence-electron chi connectivity index (χ2n) is 12.2. The van der Waals surface area contributed by atoms with Crippen molar-refractivity contribution in [3.63, 3.8) is 0 Å². The lowest BCUT2D eigenvalue weighted by Gasteiger charge is -2.35. The van der Waals surface area contributed by atoms with Crippen molar-refractivity contribution in [1.29, 1.82) is 0 Å². The van der Waals surface area contributed by atoms with Crippen LogP contribution in [-0.2, 0) is 23.3 Å². The molecule has 1 aliphatic carbocycles. The number of hydrogen-bond donors (Lipinski definition) is 0. The molecule has 0 saturated heterocycles. The molecular weight excluding hydrogens is 564 g/mol. The molecule has 3 aromatic rings. The van der Waals surface area contributed by atoms with Crippen LogP contribution in [0.2, 0.25) is 25.7 Å². The maximum Gasteiger partial charge on any atom is 0.316 e. The molecule has 2 aliphatic rings. The standard InChI is InChI=1S/C29H35F2N5O5Si/c1-40-22-14-23(41-2)25(31)27(24(22)30)34-17-18-15-32-20(13-19(18)29(9-10-29)28(34)37)26-21(36(38)39)16-33-35(26)11-7-6-8-12-42(3,4)5/h13-16H,6-12,17H2,1-5H3. The summed E-state index contributed by atoms with van der Waals surface area (Å²) in [7, 11) is 1.36. The number of aromatic nitrogens is 3. The van der Waals surface area contributed by atoms with Crippen LogP contribution in [0.3, 0.4) is 0 Å². The van der Waals surface area contributed by atoms with Crippen molar-refractivity contribution in [2.24, 2.45) is 0 Å². The number of carbonyl (C=O) groups excluding carboxylic acids is 1. The molecule has 13 heteroatoms. The van der Waals surface area contributed by atoms with Crippen LogP contribution < -0.4 is 14.4 Å². The molecule has 1 fully saturated rings. The van der Waals surface area contributed by atoms with Crippen molar-refractivity contribution >= 4 is 25.4 Å². The minimum absolute atomic E-state index is 0.133. The average molecular weight is 600 g/mol. The van der Waals surface area contributed by atoms with E-state index in [1.807, 2.05) is 0 Å². The predicted octanol–water partition coefficient (Wildman–Crippen LogP) is 6.24. The molecule has 2 aromatic heterocycles. The monoisotopic (exact) mass is 599 g/mol. The molecule has 3 heterocycles. The zero-order valence-corrected chi connectivity index (χ0v) is 25.5. The lowest BCUT2D eigenvalue weighted by atomic mass is 9.86. The SMILES string of the molecule is COc1cc(OC)c(F)c(N2Cc3cnc(-c4c([N+](=O)[O-])cnn4CCCCC[Si](C)(C)C)cc3C3(CC3)C2=O)c1F. The van der Waals surface area contributed by atoms with Crippen LogP contribution >= 0.6 is 0 Å². The fraction of sp³-hybridized carbons (Fsp3) is 0.483. The van der Waals surface area contributed by atoms with Crippen LogP contribution in [0.25, 0.3) is 11.4 Å². The first kappa shape index (κ1) is 29.6. The number of nitrogens with zero attached hydrogens (tertiary/aromatic N) is 5. The highest BCUT2D eigenvalue weighted by Gasteiger charge is 2.57. The molecule has 0 bridgehead atoms. The fourth-order valence-corrected chi connectivity index (χ4v) is 7.05. The Morgan fingerprint density at radius 2 is 1.71 bits per heavy atom. The molecule has 1 aliphatic heterocycles. The molecule has 1 spiro atoms. The Kier molecular flexibility index (Phi) is 7.81. The molecule has 0 N–H and O–H groups in total. The lowest BCUT2D eigenvalue weighted by Crippen LogP contribution is -2.45. The zero-order valence-electron chi connectivity index (χ0n) is 24.5. The van der Waals surface area contributed by atoms with Crippen LogP contribution in [0.4, 0.5) is 20.2 Å². The number of anilines is 1. The summed E-state index contributed by atoms with van der Waals surface area (Å²) in [6, 6.07) is 4.02. The Morgan fingerprint density at radius 1 is 1.05 bits per heavy atom. The average Bonchev–Trinajstić information content (AvgIpc) is 3.62. The van der Waals surface area contributed by atoms with Gasteiger partial charge < -0.3 is 14.4 Å². The smallest absolute Gasteiger partial charge is 0.316 e. The third-order valence-electron chi connectivity index (χ3n) is 8.11. The molecule has 1 saturated carbocycles. The summed E-state index contributed by atoms with van der Waals surface area (Å²) in [5.74, 6) is -2.96. The topological polar surface area (TPSA) is 113 Å². The number of amides is 1. The molecule has 42 heavy (non-hydrogen) atoms. The third-order valence-corrected chi connectivity index (χ3v) is 9.97. The minimum atomic E-state index is -1.14. The molecule has 0 atom stereocenters. The summed E-state index contributed by atoms with van der Waals surface area (Å²) in [5.41, 5.74) is 0.196. The van der Waals surface area contributed by atoms with Gasteiger partial charge in [-0.15, -0.1) is 0 Å². The summed E-state index contributed by atoms with van der Waals surface area (Å²) in [6.07, 6.45) is 6.63. The van der Waals surface area contributed by atoms with E-state index in [4.69, 9.17) is 9.47 Å². The second kappa shape index (κ2) is 11.1. The summed E-state index contributed by atoms with van der Waals surface area (Å²) in [5, 5.41) is 16.2. The number of aryl methyl sites for hydroxylation is 1. The van der Waals surface area contributed by atoms with Crippen LogP contribution in [-0.4, -0.2) is 47.9 Å². The lowest BCUT2D eigenvalue weighted by molar-refractivity contribution is -0.384. The fourth-order valence-electron chi connectivity index (χ4n) is 5.73. The van der Waals surface area contributed by atoms with Gasteiger partial charge in [-0.2, -0.15) is 5.10 Å². The van der Waals surface area contributed by atoms with E-state index >= 15 is 8.78 Å². The highest BCUT2D eigenvalue weighted by molar-refractivity contribution is 6.76. The molecule has 224 valence electrons. The van der Waals surface area contributed by atoms with Gasteiger partial charge in [0, 0.05) is 26.9 Å². The van der Waals surface area contributed by atoms with Crippen LogP contribution in [0.1, 0.15) is 43.2 Å². The molecular formula is C29H35F2N5O5Si. The van der Waals surface area contributed by atoms with Crippen LogP contribution in [0.15, 0.2) is 24.5 Å². The zero-order chi connectivity index (χ0) is 30.4. The first-order valence-electron chi connectivity index (χ1n) is 14.0. The molecule has 0 radical (unpaired) electrons. The van der Waals surface area contributed by atoms with E-state index in [-0.39, 0.29) is 29.4 Å². The number of benzene rings is 1. The van der Waals surface area contributed by atoms with Gasteiger partial charge in [0.05, 0.1) is 36.8 Å². The van der Waals surface area contributed by atoms with Crippen molar-refractivity contribution in [2.75, 3.05) is 19.1 Å². The summed E-state index contributed by atoms with van der Waals surface area (Å²) in [6.45, 7) is 7.37. The number of ether oxygens (including phenoxy) is 2. The number of hydrogen-bond acceptors (Lipinski definition) is 7. The number of rotatable bonds is 11. The number of methoxy groups -OCH3 is 2. The first-order chi connectivity index (χ1) is 19.9. The van der Waals surface area contributed by atoms with Gasteiger partial charge in [-0.05, 0) is 36.5 Å². The number of carbonyl (C=O) groups is 1. The van der Waals surface area contributed by atoms with Crippen molar-refractivity contribution < 1.29 is 28.0 Å². The van der Waals surface area contributed by atoms with Crippen LogP contribution in [0.5, 0.6) is 11.5 Å². The Bertz CT molecular complexity index is 1520. The van der Waals surface area contributed by atoms with E-state index in [0.717, 1.165) is 30.2 Å². The van der Waals surface area contributed by atoms with Gasteiger partial charge in [0.25, 0.3) is 0 Å². The molecule has 1 amide bonds. The third kappa shape index (κ3) is 5.25. The quantitative estimate of drug-likeness (QED) is 0.111. The Morgan fingerprint density at radius 3 is 2.29 bits per heavy atom. The predicted molar refractivity (Wildman–Crippen MR) is 156 cm³/mol. The van der Waals surface area contributed by atoms with Gasteiger partial charge in [0.1, 0.15) is 11.9 Å². The molecule has 0 unspecified atom stereocenters. The van der Waals surface area contributed by atoms with Gasteiger partial charge in [-0.1, -0.05) is 38.5 Å². The van der Waals surface area contributed by atoms with E-state index in [2.05, 4.69) is 29.7 Å². The second-order valence-corrected chi connectivity index (χ2v) is 17.8. The number of unbranched alkanes of at least 4 members (excludes halogenated alkanes) is 2. The number of nitro groups is 1. The maximum atomic E-state index is 15.4. The van der Waals surface area contributed by atoms with E-state index in [9.17, 15) is 14.9 Å². The largest absolute Gasteiger partial charge is 0.493 e. The van der Waals surface area contributed by atoms with E-state index in [1.165, 1.54) is 32.7 Å². The number of pyridine rings is 1. The minimum Gasteiger partial charge on any atom is -0.493 e. The van der Waals surface area contributed by atoms with E-state index in [0.29, 0.717) is 36.2 Å². The number of halogens is 2. The van der Waals surface area contributed by atoms with Crippen LogP contribution in [0, 0.1) is 21.7 Å². The summed E-state index contributed by atoms with van der Waals surface area (Å²) < 4.78 is 42.5. The Labute approximate surface area is 243 Å². The van der Waals surface area contributed by atoms with Gasteiger partial charge in [0.2, 0.25) is 5.91 Å². The van der Waals surface area contributed by atoms with Gasteiger partial charge in [-0.25, -0.2) is 8.78 Å². The van der Waals surface area contributed by atoms with Crippen molar-refractivity contribution in [2.45, 2.75) is 76.3 Å². The van der Waals surface area contributed by atoms with Crippen molar-refractivity contribution in [3.8, 4) is 22.9 Å². The molecule has 1 aromatic carbocycles. The Hall–Kier alpha value is -3.87. The number of fused-ring (bicyclic) bond motifs is 2. The summed E-state index contributed by atoms with van der Waals surface area (Å²) in [4.78, 5) is 30.9. The van der Waals surface area contributed by atoms with Crippen molar-refractivity contribution in [1.82, 2.24) is 14.8 Å². The normalized spacial score (nSPS) is 15.6. The molecule has 10 nitrogen and oxygen atoms in total. The summed E-state index contributed by atoms with van der Waals surface area (Å²) >= 11 is 0. The van der Waals surface area contributed by atoms with E-state index in [1.54, 1.807) is 10.7 Å². The van der Waals surface area contributed by atoms with Gasteiger partial charge in [0.15, 0.2) is 28.8 Å².